The number of carbonyl (C=O) groups excluding carboxylic acids is 2. The third-order valence-corrected chi connectivity index (χ3v) is 5.76. The van der Waals surface area contributed by atoms with Crippen LogP contribution >= 0.6 is 0 Å². The van der Waals surface area contributed by atoms with Crippen molar-refractivity contribution in [1.82, 2.24) is 10.2 Å². The number of hydrogen-bond acceptors (Lipinski definition) is 2. The fourth-order valence-electron chi connectivity index (χ4n) is 4.26. The molecule has 0 radical (unpaired) electrons. The van der Waals surface area contributed by atoms with Crippen molar-refractivity contribution in [2.45, 2.75) is 31.7 Å². The first-order chi connectivity index (χ1) is 13.9. The first-order valence-electron chi connectivity index (χ1n) is 9.93. The van der Waals surface area contributed by atoms with Crippen LogP contribution in [0.1, 0.15) is 25.3 Å². The molecule has 4 rings (SSSR count). The van der Waals surface area contributed by atoms with E-state index < -0.39 is 0 Å². The molecule has 0 saturated carbocycles. The Morgan fingerprint density at radius 1 is 1.21 bits per heavy atom. The van der Waals surface area contributed by atoms with Gasteiger partial charge in [-0.1, -0.05) is 18.2 Å². The van der Waals surface area contributed by atoms with Crippen LogP contribution in [-0.2, 0) is 6.42 Å². The molecule has 29 heavy (non-hydrogen) atoms. The van der Waals surface area contributed by atoms with Crippen molar-refractivity contribution in [3.63, 3.8) is 0 Å². The summed E-state index contributed by atoms with van der Waals surface area (Å²) in [5.74, 6) is -0.258. The van der Waals surface area contributed by atoms with Crippen LogP contribution in [0, 0.1) is 5.82 Å². The summed E-state index contributed by atoms with van der Waals surface area (Å²) in [4.78, 5) is 28.4. The van der Waals surface area contributed by atoms with Crippen LogP contribution in [0.4, 0.5) is 25.4 Å². The highest BCUT2D eigenvalue weighted by Gasteiger charge is 2.39. The van der Waals surface area contributed by atoms with Crippen molar-refractivity contribution in [2.75, 3.05) is 29.9 Å². The summed E-state index contributed by atoms with van der Waals surface area (Å²) >= 11 is 0. The van der Waals surface area contributed by atoms with Gasteiger partial charge in [-0.15, -0.1) is 0 Å². The molecule has 1 atom stereocenters. The summed E-state index contributed by atoms with van der Waals surface area (Å²) < 4.78 is 13.2. The lowest BCUT2D eigenvalue weighted by Crippen LogP contribution is -2.48. The van der Waals surface area contributed by atoms with E-state index in [1.165, 1.54) is 12.1 Å². The maximum absolute atomic E-state index is 13.2. The Bertz CT molecular complexity index is 917. The lowest BCUT2D eigenvalue weighted by molar-refractivity contribution is 0.168. The minimum Gasteiger partial charge on any atom is -0.336 e. The third-order valence-electron chi connectivity index (χ3n) is 5.76. The zero-order valence-corrected chi connectivity index (χ0v) is 16.5. The van der Waals surface area contributed by atoms with E-state index in [0.717, 1.165) is 24.1 Å². The Morgan fingerprint density at radius 3 is 2.72 bits per heavy atom. The molecule has 7 heteroatoms. The van der Waals surface area contributed by atoms with Gasteiger partial charge in [0.25, 0.3) is 0 Å². The third kappa shape index (κ3) is 4.04. The van der Waals surface area contributed by atoms with Crippen LogP contribution < -0.4 is 15.5 Å². The molecule has 2 aromatic carbocycles. The number of hydrogen-bond donors (Lipinski definition) is 2. The maximum Gasteiger partial charge on any atom is 0.322 e. The number of amides is 4. The van der Waals surface area contributed by atoms with E-state index in [1.807, 2.05) is 29.2 Å². The fourth-order valence-corrected chi connectivity index (χ4v) is 4.26. The zero-order chi connectivity index (χ0) is 20.4. The molecule has 2 fully saturated rings. The van der Waals surface area contributed by atoms with E-state index in [9.17, 15) is 14.0 Å². The number of nitrogens with zero attached hydrogens (tertiary/aromatic N) is 2. The van der Waals surface area contributed by atoms with Gasteiger partial charge in [-0.05, 0) is 62.1 Å². The second-order valence-corrected chi connectivity index (χ2v) is 7.92. The van der Waals surface area contributed by atoms with Crippen LogP contribution in [0.2, 0.25) is 0 Å². The molecule has 0 bridgehead atoms. The molecular formula is C22H25FN4O2. The van der Waals surface area contributed by atoms with Crippen molar-refractivity contribution >= 4 is 23.4 Å². The topological polar surface area (TPSA) is 64.7 Å². The van der Waals surface area contributed by atoms with Gasteiger partial charge in [0.15, 0.2) is 0 Å². The predicted molar refractivity (Wildman–Crippen MR) is 111 cm³/mol. The number of likely N-dealkylation sites (tertiary alicyclic amines) is 1. The van der Waals surface area contributed by atoms with Crippen molar-refractivity contribution in [2.24, 2.45) is 0 Å². The van der Waals surface area contributed by atoms with Gasteiger partial charge in [0.2, 0.25) is 0 Å². The molecule has 2 N–H and O–H groups in total. The van der Waals surface area contributed by atoms with Gasteiger partial charge >= 0.3 is 12.1 Å². The predicted octanol–water partition coefficient (Wildman–Crippen LogP) is 3.98. The molecule has 0 spiro atoms. The molecule has 0 aliphatic carbocycles. The molecule has 2 aliphatic heterocycles. The monoisotopic (exact) mass is 396 g/mol. The number of urea groups is 2. The van der Waals surface area contributed by atoms with Crippen LogP contribution in [0.25, 0.3) is 0 Å². The Morgan fingerprint density at radius 2 is 2.00 bits per heavy atom. The smallest absolute Gasteiger partial charge is 0.322 e. The second-order valence-electron chi connectivity index (χ2n) is 7.92. The van der Waals surface area contributed by atoms with Gasteiger partial charge in [-0.25, -0.2) is 14.0 Å². The van der Waals surface area contributed by atoms with Crippen LogP contribution in [0.15, 0.2) is 48.5 Å². The molecule has 6 nitrogen and oxygen atoms in total. The Balaban J connectivity index is 1.47. The summed E-state index contributed by atoms with van der Waals surface area (Å²) in [6.45, 7) is 3.98. The molecule has 2 heterocycles. The van der Waals surface area contributed by atoms with Gasteiger partial charge in [0.05, 0.1) is 0 Å². The molecule has 1 unspecified atom stereocenters. The van der Waals surface area contributed by atoms with Crippen LogP contribution in [-0.4, -0.2) is 42.1 Å². The molecule has 152 valence electrons. The van der Waals surface area contributed by atoms with Crippen LogP contribution in [0.3, 0.4) is 0 Å². The van der Waals surface area contributed by atoms with E-state index in [4.69, 9.17) is 0 Å². The average Bonchev–Trinajstić information content (AvgIpc) is 3.29. The van der Waals surface area contributed by atoms with Crippen LogP contribution in [0.5, 0.6) is 0 Å². The van der Waals surface area contributed by atoms with Gasteiger partial charge < -0.3 is 15.5 Å². The maximum atomic E-state index is 13.2. The zero-order valence-electron chi connectivity index (χ0n) is 16.5. The number of anilines is 2. The number of rotatable bonds is 4. The van der Waals surface area contributed by atoms with Gasteiger partial charge in [0.1, 0.15) is 5.82 Å². The quantitative estimate of drug-likeness (QED) is 0.821. The summed E-state index contributed by atoms with van der Waals surface area (Å²) in [6, 6.07) is 13.5. The normalized spacial score (nSPS) is 21.4. The van der Waals surface area contributed by atoms with E-state index >= 15 is 0 Å². The Kier molecular flexibility index (Phi) is 5.13. The highest BCUT2D eigenvalue weighted by atomic mass is 19.1. The van der Waals surface area contributed by atoms with E-state index in [-0.39, 0.29) is 23.4 Å². The number of nitrogens with one attached hydrogen (secondary N) is 2. The Hall–Kier alpha value is -3.09. The summed E-state index contributed by atoms with van der Waals surface area (Å²) in [6.07, 6.45) is 2.50. The minimum absolute atomic E-state index is 0.125. The fraction of sp³-hybridized carbons (Fsp3) is 0.364. The number of halogens is 1. The van der Waals surface area contributed by atoms with Gasteiger partial charge in [0, 0.05) is 36.5 Å². The van der Waals surface area contributed by atoms with Crippen molar-refractivity contribution in [3.05, 3.63) is 59.9 Å². The van der Waals surface area contributed by atoms with E-state index in [1.54, 1.807) is 17.0 Å². The van der Waals surface area contributed by atoms with Crippen molar-refractivity contribution in [1.29, 1.82) is 0 Å². The number of benzene rings is 2. The number of carbonyl (C=O) groups is 2. The lowest BCUT2D eigenvalue weighted by atomic mass is 9.90. The van der Waals surface area contributed by atoms with E-state index in [0.29, 0.717) is 31.7 Å². The van der Waals surface area contributed by atoms with Gasteiger partial charge in [-0.2, -0.15) is 0 Å². The lowest BCUT2D eigenvalue weighted by Gasteiger charge is -2.35. The Labute approximate surface area is 169 Å². The summed E-state index contributed by atoms with van der Waals surface area (Å²) in [7, 11) is 0. The summed E-state index contributed by atoms with van der Waals surface area (Å²) in [5, 5.41) is 5.76. The molecule has 2 aliphatic rings. The standard InChI is InChI=1S/C22H25FN4O2/c1-22(15-16-6-8-17(23)9-7-16)10-3-12-27(22)21(29)25-18-4-2-5-19(14-18)26-13-11-24-20(26)28/h2,4-9,14H,3,10-13,15H2,1H3,(H,24,28)(H,25,29). The van der Waals surface area contributed by atoms with Crippen molar-refractivity contribution < 1.29 is 14.0 Å². The molecule has 4 amide bonds. The largest absolute Gasteiger partial charge is 0.336 e. The van der Waals surface area contributed by atoms with Crippen molar-refractivity contribution in [3.8, 4) is 0 Å². The highest BCUT2D eigenvalue weighted by molar-refractivity contribution is 5.96. The minimum atomic E-state index is -0.325. The SMILES string of the molecule is CC1(Cc2ccc(F)cc2)CCCN1C(=O)Nc1cccc(N2CCNC2=O)c1. The first-order valence-corrected chi connectivity index (χ1v) is 9.93. The average molecular weight is 396 g/mol. The molecule has 0 aromatic heterocycles. The second kappa shape index (κ2) is 7.73. The van der Waals surface area contributed by atoms with E-state index in [2.05, 4.69) is 17.6 Å². The highest BCUT2D eigenvalue weighted by Crippen LogP contribution is 2.33. The molecular weight excluding hydrogens is 371 g/mol. The molecule has 2 saturated heterocycles. The first kappa shape index (κ1) is 19.2. The van der Waals surface area contributed by atoms with Gasteiger partial charge in [-0.3, -0.25) is 4.90 Å². The molecule has 2 aromatic rings. The summed E-state index contributed by atoms with van der Waals surface area (Å²) in [5.41, 5.74) is 2.10.